The maximum absolute atomic E-state index is 12.6. The van der Waals surface area contributed by atoms with Gasteiger partial charge in [0.05, 0.1) is 19.8 Å². The number of aromatic nitrogens is 1. The summed E-state index contributed by atoms with van der Waals surface area (Å²) in [5.74, 6) is -0.134. The quantitative estimate of drug-likeness (QED) is 0.396. The van der Waals surface area contributed by atoms with E-state index in [9.17, 15) is 9.59 Å². The molecule has 3 heterocycles. The Kier molecular flexibility index (Phi) is 7.24. The van der Waals surface area contributed by atoms with Crippen LogP contribution in [0.5, 0.6) is 0 Å². The minimum absolute atomic E-state index is 0.0108. The van der Waals surface area contributed by atoms with Gasteiger partial charge in [-0.15, -0.1) is 0 Å². The van der Waals surface area contributed by atoms with Crippen molar-refractivity contribution in [2.45, 2.75) is 72.1 Å². The van der Waals surface area contributed by atoms with Crippen LogP contribution in [-0.2, 0) is 25.5 Å². The maximum atomic E-state index is 12.6. The molecule has 0 N–H and O–H groups in total. The number of rotatable bonds is 4. The van der Waals surface area contributed by atoms with Gasteiger partial charge in [-0.2, -0.15) is 0 Å². The Morgan fingerprint density at radius 3 is 2.47 bits per heavy atom. The van der Waals surface area contributed by atoms with E-state index in [0.717, 1.165) is 47.0 Å². The van der Waals surface area contributed by atoms with Crippen molar-refractivity contribution >= 4 is 23.0 Å². The van der Waals surface area contributed by atoms with E-state index >= 15 is 0 Å². The number of hydrogen-bond donors (Lipinski definition) is 0. The predicted molar refractivity (Wildman–Crippen MR) is 140 cm³/mol. The summed E-state index contributed by atoms with van der Waals surface area (Å²) in [6, 6.07) is 8.17. The zero-order chi connectivity index (χ0) is 26.3. The number of esters is 1. The molecule has 1 spiro atoms. The Hall–Kier alpha value is -2.80. The van der Waals surface area contributed by atoms with Crippen molar-refractivity contribution in [2.24, 2.45) is 11.3 Å². The van der Waals surface area contributed by atoms with Crippen molar-refractivity contribution in [1.29, 1.82) is 0 Å². The van der Waals surface area contributed by atoms with Crippen LogP contribution in [-0.4, -0.2) is 53.9 Å². The first-order valence-corrected chi connectivity index (χ1v) is 12.8. The topological polar surface area (TPSA) is 70.0 Å². The zero-order valence-corrected chi connectivity index (χ0v) is 22.6. The van der Waals surface area contributed by atoms with Gasteiger partial charge in [0.1, 0.15) is 12.1 Å². The van der Waals surface area contributed by atoms with E-state index in [4.69, 9.17) is 14.2 Å². The molecule has 1 aromatic heterocycles. The Balaban J connectivity index is 1.58. The van der Waals surface area contributed by atoms with Crippen LogP contribution >= 0.6 is 0 Å². The van der Waals surface area contributed by atoms with Gasteiger partial charge in [-0.1, -0.05) is 30.4 Å². The van der Waals surface area contributed by atoms with Crippen molar-refractivity contribution in [3.05, 3.63) is 47.7 Å². The third kappa shape index (κ3) is 5.17. The van der Waals surface area contributed by atoms with E-state index < -0.39 is 5.60 Å². The monoisotopic (exact) mass is 496 g/mol. The third-order valence-corrected chi connectivity index (χ3v) is 7.78. The summed E-state index contributed by atoms with van der Waals surface area (Å²) in [5.41, 5.74) is 3.76. The second-order valence-electron chi connectivity index (χ2n) is 11.5. The van der Waals surface area contributed by atoms with E-state index in [1.165, 1.54) is 7.11 Å². The van der Waals surface area contributed by atoms with Crippen molar-refractivity contribution in [3.63, 3.8) is 0 Å². The molecule has 7 nitrogen and oxygen atoms in total. The number of carbonyl (C=O) groups is 2. The fourth-order valence-electron chi connectivity index (χ4n) is 5.79. The molecule has 2 aromatic rings. The second-order valence-corrected chi connectivity index (χ2v) is 11.5. The van der Waals surface area contributed by atoms with Gasteiger partial charge in [0.15, 0.2) is 0 Å². The standard InChI is InChI=1S/C29H40N2O5/c1-19(2)22-16-29(12-14-30(15-13-29)27(33)36-28(4,5)6)18-35-26(22)25-20(3)31(17-24(32)34-7)23-11-9-8-10-21(23)25/h8-11,22,26H,1,12-18H2,2-7H3/t22-,26+/m0/s1. The van der Waals surface area contributed by atoms with E-state index in [0.29, 0.717) is 19.7 Å². The molecule has 0 unspecified atom stereocenters. The summed E-state index contributed by atoms with van der Waals surface area (Å²) in [7, 11) is 1.42. The molecule has 2 fully saturated rings. The highest BCUT2D eigenvalue weighted by molar-refractivity contribution is 5.87. The van der Waals surface area contributed by atoms with Crippen molar-refractivity contribution < 1.29 is 23.8 Å². The van der Waals surface area contributed by atoms with Crippen molar-refractivity contribution in [2.75, 3.05) is 26.8 Å². The molecule has 196 valence electrons. The van der Waals surface area contributed by atoms with Gasteiger partial charge >= 0.3 is 12.1 Å². The van der Waals surface area contributed by atoms with Crippen LogP contribution in [0.2, 0.25) is 0 Å². The lowest BCUT2D eigenvalue weighted by Gasteiger charge is -2.49. The molecule has 2 atom stereocenters. The minimum atomic E-state index is -0.497. The average molecular weight is 497 g/mol. The van der Waals surface area contributed by atoms with Crippen molar-refractivity contribution in [3.8, 4) is 0 Å². The Morgan fingerprint density at radius 1 is 1.19 bits per heavy atom. The molecule has 36 heavy (non-hydrogen) atoms. The Morgan fingerprint density at radius 2 is 1.86 bits per heavy atom. The number of hydrogen-bond acceptors (Lipinski definition) is 5. The normalized spacial score (nSPS) is 22.0. The van der Waals surface area contributed by atoms with Crippen LogP contribution in [0.25, 0.3) is 10.9 Å². The molecule has 2 saturated heterocycles. The molecule has 0 radical (unpaired) electrons. The molecule has 2 aliphatic rings. The van der Waals surface area contributed by atoms with Crippen LogP contribution in [0.15, 0.2) is 36.4 Å². The third-order valence-electron chi connectivity index (χ3n) is 7.78. The largest absolute Gasteiger partial charge is 0.468 e. The number of benzene rings is 1. The molecule has 1 aromatic carbocycles. The number of methoxy groups -OCH3 is 1. The highest BCUT2D eigenvalue weighted by Crippen LogP contribution is 2.51. The predicted octanol–water partition coefficient (Wildman–Crippen LogP) is 5.79. The summed E-state index contributed by atoms with van der Waals surface area (Å²) >= 11 is 0. The van der Waals surface area contributed by atoms with Crippen LogP contribution in [0.4, 0.5) is 4.79 Å². The van der Waals surface area contributed by atoms with E-state index in [1.807, 2.05) is 48.4 Å². The Bertz CT molecular complexity index is 1150. The van der Waals surface area contributed by atoms with Crippen molar-refractivity contribution in [1.82, 2.24) is 9.47 Å². The van der Waals surface area contributed by atoms with Gasteiger partial charge in [-0.25, -0.2) is 4.79 Å². The number of piperidine rings is 1. The lowest BCUT2D eigenvalue weighted by atomic mass is 9.67. The molecule has 1 amide bonds. The summed E-state index contributed by atoms with van der Waals surface area (Å²) < 4.78 is 19.3. The first-order valence-electron chi connectivity index (χ1n) is 12.8. The van der Waals surface area contributed by atoms with Gasteiger partial charge in [-0.05, 0) is 65.4 Å². The lowest BCUT2D eigenvalue weighted by molar-refractivity contribution is -0.141. The van der Waals surface area contributed by atoms with E-state index in [-0.39, 0.29) is 36.0 Å². The molecule has 4 rings (SSSR count). The number of ether oxygens (including phenoxy) is 3. The summed E-state index contributed by atoms with van der Waals surface area (Å²) in [6.07, 6.45) is 2.35. The van der Waals surface area contributed by atoms with E-state index in [2.05, 4.69) is 26.5 Å². The van der Waals surface area contributed by atoms with Gasteiger partial charge in [-0.3, -0.25) is 4.79 Å². The summed E-state index contributed by atoms with van der Waals surface area (Å²) in [6.45, 7) is 16.3. The molecule has 7 heteroatoms. The van der Waals surface area contributed by atoms with Crippen LogP contribution in [0, 0.1) is 18.3 Å². The first-order chi connectivity index (χ1) is 16.9. The summed E-state index contributed by atoms with van der Waals surface area (Å²) in [5, 5.41) is 1.10. The number of carbonyl (C=O) groups excluding carboxylic acids is 2. The molecular formula is C29H40N2O5. The SMILES string of the molecule is C=C(C)[C@@H]1CC2(CCN(C(=O)OC(C)(C)C)CC2)CO[C@H]1c1c(C)n(CC(=O)OC)c2ccccc12. The molecule has 0 saturated carbocycles. The number of fused-ring (bicyclic) bond motifs is 1. The molecular weight excluding hydrogens is 456 g/mol. The molecule has 2 aliphatic heterocycles. The second kappa shape index (κ2) is 9.92. The van der Waals surface area contributed by atoms with Gasteiger partial charge < -0.3 is 23.7 Å². The summed E-state index contributed by atoms with van der Waals surface area (Å²) in [4.78, 5) is 26.6. The maximum Gasteiger partial charge on any atom is 0.410 e. The number of para-hydroxylation sites is 1. The smallest absolute Gasteiger partial charge is 0.410 e. The number of nitrogens with zero attached hydrogens (tertiary/aromatic N) is 2. The molecule has 0 aliphatic carbocycles. The van der Waals surface area contributed by atoms with Crippen LogP contribution in [0.1, 0.15) is 64.3 Å². The lowest BCUT2D eigenvalue weighted by Crippen LogP contribution is -2.49. The highest BCUT2D eigenvalue weighted by Gasteiger charge is 2.46. The Labute approximate surface area is 214 Å². The first kappa shape index (κ1) is 26.3. The average Bonchev–Trinajstić information content (AvgIpc) is 3.09. The fraction of sp³-hybridized carbons (Fsp3) is 0.586. The molecule has 0 bridgehead atoms. The zero-order valence-electron chi connectivity index (χ0n) is 22.6. The van der Waals surface area contributed by atoms with E-state index in [1.54, 1.807) is 0 Å². The van der Waals surface area contributed by atoms with Crippen LogP contribution in [0.3, 0.4) is 0 Å². The number of likely N-dealkylation sites (tertiary alicyclic amines) is 1. The van der Waals surface area contributed by atoms with Gasteiger partial charge in [0, 0.05) is 41.2 Å². The minimum Gasteiger partial charge on any atom is -0.468 e. The van der Waals surface area contributed by atoms with Gasteiger partial charge in [0.2, 0.25) is 0 Å². The number of amides is 1. The van der Waals surface area contributed by atoms with Gasteiger partial charge in [0.25, 0.3) is 0 Å². The highest BCUT2D eigenvalue weighted by atomic mass is 16.6. The van der Waals surface area contributed by atoms with Crippen LogP contribution < -0.4 is 0 Å². The fourth-order valence-corrected chi connectivity index (χ4v) is 5.79.